The van der Waals surface area contributed by atoms with Crippen LogP contribution < -0.4 is 9.47 Å². The lowest BCUT2D eigenvalue weighted by Crippen LogP contribution is -2.13. The summed E-state index contributed by atoms with van der Waals surface area (Å²) in [4.78, 5) is 0. The number of halogens is 1. The van der Waals surface area contributed by atoms with Crippen LogP contribution in [0, 0.1) is 5.82 Å². The highest BCUT2D eigenvalue weighted by molar-refractivity contribution is 5.43. The van der Waals surface area contributed by atoms with E-state index in [1.807, 2.05) is 0 Å². The van der Waals surface area contributed by atoms with Gasteiger partial charge in [-0.05, 0) is 12.8 Å². The third-order valence-corrected chi connectivity index (χ3v) is 2.92. The molecule has 0 saturated heterocycles. The SMILES string of the molecule is COc1cc(F)c(CC2(O)CC2)c(OC)c1. The van der Waals surface area contributed by atoms with Gasteiger partial charge in [0, 0.05) is 24.1 Å². The minimum Gasteiger partial charge on any atom is -0.497 e. The summed E-state index contributed by atoms with van der Waals surface area (Å²) in [5.41, 5.74) is -0.314. The van der Waals surface area contributed by atoms with E-state index in [1.54, 1.807) is 6.07 Å². The van der Waals surface area contributed by atoms with Crippen molar-refractivity contribution in [3.8, 4) is 11.5 Å². The molecule has 0 amide bonds. The standard InChI is InChI=1S/C12H15FO3/c1-15-8-5-10(13)9(11(6-8)16-2)7-12(14)3-4-12/h5-6,14H,3-4,7H2,1-2H3. The largest absolute Gasteiger partial charge is 0.497 e. The predicted octanol–water partition coefficient (Wildman–Crippen LogP) is 1.91. The minimum absolute atomic E-state index is 0.298. The molecule has 0 spiro atoms. The zero-order valence-electron chi connectivity index (χ0n) is 9.42. The molecule has 0 radical (unpaired) electrons. The molecule has 0 aliphatic heterocycles. The van der Waals surface area contributed by atoms with Gasteiger partial charge in [0.05, 0.1) is 19.8 Å². The van der Waals surface area contributed by atoms with Crippen molar-refractivity contribution in [2.45, 2.75) is 24.9 Å². The fraction of sp³-hybridized carbons (Fsp3) is 0.500. The quantitative estimate of drug-likeness (QED) is 0.852. The van der Waals surface area contributed by atoms with Crippen molar-refractivity contribution in [3.63, 3.8) is 0 Å². The second-order valence-electron chi connectivity index (χ2n) is 4.19. The summed E-state index contributed by atoms with van der Waals surface area (Å²) in [5.74, 6) is 0.453. The van der Waals surface area contributed by atoms with Crippen molar-refractivity contribution in [2.24, 2.45) is 0 Å². The molecule has 1 aliphatic carbocycles. The van der Waals surface area contributed by atoms with Crippen molar-refractivity contribution in [2.75, 3.05) is 14.2 Å². The van der Waals surface area contributed by atoms with Gasteiger partial charge in [0.2, 0.25) is 0 Å². The van der Waals surface area contributed by atoms with Crippen LogP contribution in [0.15, 0.2) is 12.1 Å². The lowest BCUT2D eigenvalue weighted by Gasteiger charge is -2.14. The third-order valence-electron chi connectivity index (χ3n) is 2.92. The first-order chi connectivity index (χ1) is 7.58. The molecule has 0 unspecified atom stereocenters. The molecule has 3 nitrogen and oxygen atoms in total. The Morgan fingerprint density at radius 1 is 1.31 bits per heavy atom. The average Bonchev–Trinajstić information content (AvgIpc) is 2.99. The maximum absolute atomic E-state index is 13.8. The van der Waals surface area contributed by atoms with E-state index in [2.05, 4.69) is 0 Å². The van der Waals surface area contributed by atoms with E-state index in [0.717, 1.165) is 12.8 Å². The van der Waals surface area contributed by atoms with Gasteiger partial charge in [-0.3, -0.25) is 0 Å². The highest BCUT2D eigenvalue weighted by atomic mass is 19.1. The Balaban J connectivity index is 2.34. The zero-order valence-corrected chi connectivity index (χ0v) is 9.42. The second kappa shape index (κ2) is 3.94. The van der Waals surface area contributed by atoms with Crippen LogP contribution in [-0.4, -0.2) is 24.9 Å². The Bertz CT molecular complexity index is 399. The molecule has 0 heterocycles. The lowest BCUT2D eigenvalue weighted by atomic mass is 10.0. The first-order valence-electron chi connectivity index (χ1n) is 5.21. The number of rotatable bonds is 4. The maximum Gasteiger partial charge on any atom is 0.133 e. The van der Waals surface area contributed by atoms with Crippen LogP contribution in [0.4, 0.5) is 4.39 Å². The molecule has 1 aromatic carbocycles. The summed E-state index contributed by atoms with van der Waals surface area (Å²) in [6.07, 6.45) is 1.75. The summed E-state index contributed by atoms with van der Waals surface area (Å²) >= 11 is 0. The van der Waals surface area contributed by atoms with Crippen molar-refractivity contribution < 1.29 is 19.0 Å². The number of hydrogen-bond acceptors (Lipinski definition) is 3. The summed E-state index contributed by atoms with van der Waals surface area (Å²) in [6, 6.07) is 2.94. The van der Waals surface area contributed by atoms with E-state index in [9.17, 15) is 9.50 Å². The molecule has 1 fully saturated rings. The second-order valence-corrected chi connectivity index (χ2v) is 4.19. The Hall–Kier alpha value is -1.29. The van der Waals surface area contributed by atoms with Crippen molar-refractivity contribution in [1.29, 1.82) is 0 Å². The molecule has 1 aromatic rings. The minimum atomic E-state index is -0.733. The van der Waals surface area contributed by atoms with E-state index < -0.39 is 11.4 Å². The van der Waals surface area contributed by atoms with Gasteiger partial charge in [0.25, 0.3) is 0 Å². The Labute approximate surface area is 93.8 Å². The molecule has 2 rings (SSSR count). The van der Waals surface area contributed by atoms with Gasteiger partial charge in [-0.15, -0.1) is 0 Å². The first kappa shape index (κ1) is 11.2. The molecule has 1 aliphatic rings. The van der Waals surface area contributed by atoms with E-state index in [4.69, 9.17) is 9.47 Å². The van der Waals surface area contributed by atoms with Crippen LogP contribution >= 0.6 is 0 Å². The highest BCUT2D eigenvalue weighted by Gasteiger charge is 2.41. The van der Waals surface area contributed by atoms with Gasteiger partial charge in [-0.25, -0.2) is 4.39 Å². The normalized spacial score (nSPS) is 17.0. The molecule has 0 bridgehead atoms. The Kier molecular flexibility index (Phi) is 2.76. The van der Waals surface area contributed by atoms with Crippen LogP contribution in [0.5, 0.6) is 11.5 Å². The predicted molar refractivity (Wildman–Crippen MR) is 57.4 cm³/mol. The third kappa shape index (κ3) is 2.11. The topological polar surface area (TPSA) is 38.7 Å². The number of aliphatic hydroxyl groups is 1. The lowest BCUT2D eigenvalue weighted by molar-refractivity contribution is 0.148. The van der Waals surface area contributed by atoms with Gasteiger partial charge in [-0.2, -0.15) is 0 Å². The van der Waals surface area contributed by atoms with Crippen LogP contribution in [0.2, 0.25) is 0 Å². The molecular weight excluding hydrogens is 211 g/mol. The summed E-state index contributed by atoms with van der Waals surface area (Å²) in [5, 5.41) is 9.80. The fourth-order valence-corrected chi connectivity index (χ4v) is 1.71. The monoisotopic (exact) mass is 226 g/mol. The molecule has 4 heteroatoms. The summed E-state index contributed by atoms with van der Waals surface area (Å²) in [7, 11) is 2.96. The van der Waals surface area contributed by atoms with E-state index in [0.29, 0.717) is 23.5 Å². The molecule has 0 aromatic heterocycles. The molecular formula is C12H15FO3. The van der Waals surface area contributed by atoms with Crippen molar-refractivity contribution in [3.05, 3.63) is 23.5 Å². The zero-order chi connectivity index (χ0) is 11.8. The van der Waals surface area contributed by atoms with Gasteiger partial charge in [0.1, 0.15) is 17.3 Å². The Morgan fingerprint density at radius 2 is 2.00 bits per heavy atom. The van der Waals surface area contributed by atoms with Crippen LogP contribution in [0.1, 0.15) is 18.4 Å². The van der Waals surface area contributed by atoms with E-state index >= 15 is 0 Å². The molecule has 1 saturated carbocycles. The van der Waals surface area contributed by atoms with Crippen LogP contribution in [0.25, 0.3) is 0 Å². The molecule has 16 heavy (non-hydrogen) atoms. The van der Waals surface area contributed by atoms with E-state index in [-0.39, 0.29) is 0 Å². The van der Waals surface area contributed by atoms with Crippen LogP contribution in [-0.2, 0) is 6.42 Å². The number of hydrogen-bond donors (Lipinski definition) is 1. The number of ether oxygens (including phenoxy) is 2. The van der Waals surface area contributed by atoms with Gasteiger partial charge in [0.15, 0.2) is 0 Å². The summed E-state index contributed by atoms with van der Waals surface area (Å²) in [6.45, 7) is 0. The smallest absolute Gasteiger partial charge is 0.133 e. The van der Waals surface area contributed by atoms with Crippen molar-refractivity contribution in [1.82, 2.24) is 0 Å². The van der Waals surface area contributed by atoms with Crippen LogP contribution in [0.3, 0.4) is 0 Å². The highest BCUT2D eigenvalue weighted by Crippen LogP contribution is 2.41. The number of methoxy groups -OCH3 is 2. The summed E-state index contributed by atoms with van der Waals surface area (Å²) < 4.78 is 23.8. The van der Waals surface area contributed by atoms with E-state index in [1.165, 1.54) is 20.3 Å². The van der Waals surface area contributed by atoms with Gasteiger partial charge in [-0.1, -0.05) is 0 Å². The fourth-order valence-electron chi connectivity index (χ4n) is 1.71. The maximum atomic E-state index is 13.8. The average molecular weight is 226 g/mol. The van der Waals surface area contributed by atoms with Crippen molar-refractivity contribution >= 4 is 0 Å². The Morgan fingerprint density at radius 3 is 2.50 bits per heavy atom. The van der Waals surface area contributed by atoms with Gasteiger partial charge < -0.3 is 14.6 Å². The molecule has 1 N–H and O–H groups in total. The number of benzene rings is 1. The first-order valence-corrected chi connectivity index (χ1v) is 5.21. The van der Waals surface area contributed by atoms with Gasteiger partial charge >= 0.3 is 0 Å². The molecule has 88 valence electrons. The molecule has 0 atom stereocenters.